The number of nitrogens with zero attached hydrogens (tertiary/aromatic N) is 2. The summed E-state index contributed by atoms with van der Waals surface area (Å²) >= 11 is 0. The Bertz CT molecular complexity index is 691. The summed E-state index contributed by atoms with van der Waals surface area (Å²) < 4.78 is 5.76. The largest absolute Gasteiger partial charge is 0.489 e. The Morgan fingerprint density at radius 3 is 2.25 bits per heavy atom. The van der Waals surface area contributed by atoms with E-state index in [2.05, 4.69) is 20.8 Å². The van der Waals surface area contributed by atoms with Gasteiger partial charge in [-0.25, -0.2) is 0 Å². The fourth-order valence-corrected chi connectivity index (χ4v) is 1.83. The summed E-state index contributed by atoms with van der Waals surface area (Å²) in [4.78, 5) is 11.9. The van der Waals surface area contributed by atoms with Crippen LogP contribution < -0.4 is 15.4 Å². The number of hydrogen-bond acceptors (Lipinski definition) is 5. The van der Waals surface area contributed by atoms with Crippen molar-refractivity contribution in [2.75, 3.05) is 10.6 Å². The van der Waals surface area contributed by atoms with Gasteiger partial charge in [0.15, 0.2) is 11.6 Å². The lowest BCUT2D eigenvalue weighted by Crippen LogP contribution is -2.28. The van der Waals surface area contributed by atoms with E-state index in [1.165, 1.54) is 0 Å². The van der Waals surface area contributed by atoms with Crippen LogP contribution in [0.1, 0.15) is 34.6 Å². The second-order valence-corrected chi connectivity index (χ2v) is 6.80. The van der Waals surface area contributed by atoms with Crippen molar-refractivity contribution in [1.29, 1.82) is 0 Å². The lowest BCUT2D eigenvalue weighted by Gasteiger charge is -2.17. The van der Waals surface area contributed by atoms with Gasteiger partial charge in [0.05, 0.1) is 11.8 Å². The van der Waals surface area contributed by atoms with Crippen LogP contribution in [0.3, 0.4) is 0 Å². The van der Waals surface area contributed by atoms with Crippen LogP contribution in [0.2, 0.25) is 0 Å². The topological polar surface area (TPSA) is 76.1 Å². The standard InChI is InChI=1S/C18H24N4O2/c1-12(2)24-14-9-7-6-8-13(14)19-15-10-11-16(22-21-15)20-17(23)18(3,4)5/h6-12H,1-5H3,(H,19,21)(H,20,22,23). The first-order valence-electron chi connectivity index (χ1n) is 7.93. The Kier molecular flexibility index (Phi) is 5.39. The predicted molar refractivity (Wildman–Crippen MR) is 95.6 cm³/mol. The third-order valence-corrected chi connectivity index (χ3v) is 3.10. The highest BCUT2D eigenvalue weighted by Crippen LogP contribution is 2.27. The molecule has 0 aliphatic carbocycles. The highest BCUT2D eigenvalue weighted by atomic mass is 16.5. The SMILES string of the molecule is CC(C)Oc1ccccc1Nc1ccc(NC(=O)C(C)(C)C)nn1. The minimum atomic E-state index is -0.480. The summed E-state index contributed by atoms with van der Waals surface area (Å²) in [6, 6.07) is 11.1. The zero-order chi connectivity index (χ0) is 17.7. The quantitative estimate of drug-likeness (QED) is 0.868. The number of para-hydroxylation sites is 2. The maximum absolute atomic E-state index is 11.9. The Labute approximate surface area is 142 Å². The highest BCUT2D eigenvalue weighted by Gasteiger charge is 2.21. The van der Waals surface area contributed by atoms with Crippen molar-refractivity contribution in [3.63, 3.8) is 0 Å². The highest BCUT2D eigenvalue weighted by molar-refractivity contribution is 5.93. The molecular formula is C18H24N4O2. The number of amides is 1. The number of aromatic nitrogens is 2. The third-order valence-electron chi connectivity index (χ3n) is 3.10. The Morgan fingerprint density at radius 2 is 1.67 bits per heavy atom. The number of carbonyl (C=O) groups excluding carboxylic acids is 1. The number of rotatable bonds is 5. The van der Waals surface area contributed by atoms with Gasteiger partial charge in [0, 0.05) is 5.41 Å². The van der Waals surface area contributed by atoms with E-state index < -0.39 is 5.41 Å². The molecule has 0 bridgehead atoms. The van der Waals surface area contributed by atoms with Crippen LogP contribution >= 0.6 is 0 Å². The minimum absolute atomic E-state index is 0.0778. The molecule has 2 N–H and O–H groups in total. The summed E-state index contributed by atoms with van der Waals surface area (Å²) in [6.07, 6.45) is 0.0778. The molecule has 6 heteroatoms. The number of carbonyl (C=O) groups is 1. The minimum Gasteiger partial charge on any atom is -0.489 e. The molecule has 1 heterocycles. The molecule has 0 atom stereocenters. The van der Waals surface area contributed by atoms with E-state index in [-0.39, 0.29) is 12.0 Å². The van der Waals surface area contributed by atoms with E-state index in [1.807, 2.05) is 58.9 Å². The van der Waals surface area contributed by atoms with Crippen molar-refractivity contribution >= 4 is 23.2 Å². The fraction of sp³-hybridized carbons (Fsp3) is 0.389. The molecule has 0 fully saturated rings. The molecule has 1 amide bonds. The van der Waals surface area contributed by atoms with Gasteiger partial charge in [-0.2, -0.15) is 0 Å². The molecule has 0 aliphatic heterocycles. The van der Waals surface area contributed by atoms with Crippen molar-refractivity contribution in [2.45, 2.75) is 40.7 Å². The van der Waals surface area contributed by atoms with Gasteiger partial charge in [0.1, 0.15) is 5.75 Å². The fourth-order valence-electron chi connectivity index (χ4n) is 1.83. The lowest BCUT2D eigenvalue weighted by molar-refractivity contribution is -0.123. The maximum atomic E-state index is 11.9. The Morgan fingerprint density at radius 1 is 1.04 bits per heavy atom. The van der Waals surface area contributed by atoms with Gasteiger partial charge in [0.2, 0.25) is 5.91 Å². The summed E-state index contributed by atoms with van der Waals surface area (Å²) in [7, 11) is 0. The zero-order valence-corrected chi connectivity index (χ0v) is 14.8. The first kappa shape index (κ1) is 17.7. The maximum Gasteiger partial charge on any atom is 0.230 e. The van der Waals surface area contributed by atoms with E-state index >= 15 is 0 Å². The van der Waals surface area contributed by atoms with Gasteiger partial charge in [0.25, 0.3) is 0 Å². The molecule has 2 aromatic rings. The van der Waals surface area contributed by atoms with E-state index in [9.17, 15) is 4.79 Å². The average molecular weight is 328 g/mol. The molecule has 2 rings (SSSR count). The van der Waals surface area contributed by atoms with Crippen LogP contribution in [0.4, 0.5) is 17.3 Å². The molecule has 6 nitrogen and oxygen atoms in total. The smallest absolute Gasteiger partial charge is 0.230 e. The number of hydrogen-bond donors (Lipinski definition) is 2. The van der Waals surface area contributed by atoms with Gasteiger partial charge in [-0.05, 0) is 38.1 Å². The third kappa shape index (κ3) is 4.94. The van der Waals surface area contributed by atoms with E-state index in [4.69, 9.17) is 4.74 Å². The van der Waals surface area contributed by atoms with Gasteiger partial charge in [-0.15, -0.1) is 10.2 Å². The lowest BCUT2D eigenvalue weighted by atomic mass is 9.96. The molecule has 0 spiro atoms. The summed E-state index contributed by atoms with van der Waals surface area (Å²) in [5.41, 5.74) is 0.332. The molecular weight excluding hydrogens is 304 g/mol. The molecule has 1 aromatic carbocycles. The summed E-state index contributed by atoms with van der Waals surface area (Å²) in [5.74, 6) is 1.64. The normalized spacial score (nSPS) is 11.2. The van der Waals surface area contributed by atoms with Crippen molar-refractivity contribution in [2.24, 2.45) is 5.41 Å². The summed E-state index contributed by atoms with van der Waals surface area (Å²) in [5, 5.41) is 14.1. The van der Waals surface area contributed by atoms with E-state index in [0.717, 1.165) is 11.4 Å². The predicted octanol–water partition coefficient (Wildman–Crippen LogP) is 3.99. The van der Waals surface area contributed by atoms with Crippen molar-refractivity contribution in [3.05, 3.63) is 36.4 Å². The van der Waals surface area contributed by atoms with Crippen molar-refractivity contribution in [1.82, 2.24) is 10.2 Å². The van der Waals surface area contributed by atoms with Gasteiger partial charge >= 0.3 is 0 Å². The van der Waals surface area contributed by atoms with Crippen LogP contribution in [0, 0.1) is 5.41 Å². The number of anilines is 3. The average Bonchev–Trinajstić information content (AvgIpc) is 2.49. The van der Waals surface area contributed by atoms with Crippen LogP contribution in [-0.4, -0.2) is 22.2 Å². The van der Waals surface area contributed by atoms with Crippen molar-refractivity contribution in [3.8, 4) is 5.75 Å². The molecule has 0 saturated carbocycles. The Balaban J connectivity index is 2.09. The van der Waals surface area contributed by atoms with E-state index in [1.54, 1.807) is 12.1 Å². The van der Waals surface area contributed by atoms with Crippen LogP contribution in [0.5, 0.6) is 5.75 Å². The molecule has 1 aromatic heterocycles. The number of nitrogens with one attached hydrogen (secondary N) is 2. The number of benzene rings is 1. The monoisotopic (exact) mass is 328 g/mol. The zero-order valence-electron chi connectivity index (χ0n) is 14.8. The number of ether oxygens (including phenoxy) is 1. The molecule has 128 valence electrons. The first-order valence-corrected chi connectivity index (χ1v) is 7.93. The van der Waals surface area contributed by atoms with Crippen LogP contribution in [0.25, 0.3) is 0 Å². The van der Waals surface area contributed by atoms with Crippen LogP contribution in [0.15, 0.2) is 36.4 Å². The van der Waals surface area contributed by atoms with Crippen LogP contribution in [-0.2, 0) is 4.79 Å². The second-order valence-electron chi connectivity index (χ2n) is 6.80. The Hall–Kier alpha value is -2.63. The second kappa shape index (κ2) is 7.29. The molecule has 0 aliphatic rings. The van der Waals surface area contributed by atoms with Gasteiger partial charge < -0.3 is 15.4 Å². The van der Waals surface area contributed by atoms with Crippen molar-refractivity contribution < 1.29 is 9.53 Å². The van der Waals surface area contributed by atoms with E-state index in [0.29, 0.717) is 11.6 Å². The molecule has 24 heavy (non-hydrogen) atoms. The molecule has 0 unspecified atom stereocenters. The van der Waals surface area contributed by atoms with Gasteiger partial charge in [-0.1, -0.05) is 32.9 Å². The summed E-state index contributed by atoms with van der Waals surface area (Å²) in [6.45, 7) is 9.48. The molecule has 0 saturated heterocycles. The van der Waals surface area contributed by atoms with Gasteiger partial charge in [-0.3, -0.25) is 4.79 Å². The molecule has 0 radical (unpaired) electrons. The first-order chi connectivity index (χ1) is 11.3.